The Kier molecular flexibility index (Phi) is 6.28. The van der Waals surface area contributed by atoms with Gasteiger partial charge in [-0.1, -0.05) is 18.2 Å². The molecule has 1 amide bonds. The maximum Gasteiger partial charge on any atom is 0.245 e. The molecule has 1 N–H and O–H groups in total. The number of piperidine rings is 1. The summed E-state index contributed by atoms with van der Waals surface area (Å²) in [5.41, 5.74) is 0.428. The van der Waals surface area contributed by atoms with Crippen LogP contribution >= 0.6 is 0 Å². The van der Waals surface area contributed by atoms with Gasteiger partial charge in [0.15, 0.2) is 11.6 Å². The zero-order valence-corrected chi connectivity index (χ0v) is 16.6. The third kappa shape index (κ3) is 4.62. The second-order valence-electron chi connectivity index (χ2n) is 7.01. The first-order valence-electron chi connectivity index (χ1n) is 9.20. The van der Waals surface area contributed by atoms with Gasteiger partial charge in [-0.05, 0) is 49.6 Å². The number of halogens is 3. The van der Waals surface area contributed by atoms with Crippen LogP contribution in [0.4, 0.5) is 13.2 Å². The van der Waals surface area contributed by atoms with Gasteiger partial charge in [-0.2, -0.15) is 4.31 Å². The minimum absolute atomic E-state index is 0.0916. The van der Waals surface area contributed by atoms with E-state index in [0.717, 1.165) is 18.2 Å². The lowest BCUT2D eigenvalue weighted by Gasteiger charge is -2.31. The molecule has 1 atom stereocenters. The second kappa shape index (κ2) is 8.54. The Hall–Kier alpha value is -2.39. The molecule has 1 fully saturated rings. The fraction of sp³-hybridized carbons (Fsp3) is 0.350. The molecule has 1 aliphatic rings. The zero-order valence-electron chi connectivity index (χ0n) is 15.7. The summed E-state index contributed by atoms with van der Waals surface area (Å²) in [5.74, 6) is -3.47. The predicted molar refractivity (Wildman–Crippen MR) is 101 cm³/mol. The van der Waals surface area contributed by atoms with E-state index in [0.29, 0.717) is 5.56 Å². The van der Waals surface area contributed by atoms with Gasteiger partial charge in [-0.25, -0.2) is 21.6 Å². The average molecular weight is 426 g/mol. The summed E-state index contributed by atoms with van der Waals surface area (Å²) in [6.45, 7) is 1.84. The van der Waals surface area contributed by atoms with Crippen molar-refractivity contribution in [3.8, 4) is 0 Å². The largest absolute Gasteiger partial charge is 0.349 e. The number of sulfonamides is 1. The third-order valence-corrected chi connectivity index (χ3v) is 7.01. The van der Waals surface area contributed by atoms with E-state index in [9.17, 15) is 26.4 Å². The smallest absolute Gasteiger partial charge is 0.245 e. The normalized spacial score (nSPS) is 17.1. The Labute approximate surface area is 167 Å². The first-order valence-corrected chi connectivity index (χ1v) is 10.6. The van der Waals surface area contributed by atoms with Crippen molar-refractivity contribution in [1.29, 1.82) is 0 Å². The van der Waals surface area contributed by atoms with Gasteiger partial charge in [-0.3, -0.25) is 4.79 Å². The van der Waals surface area contributed by atoms with Crippen LogP contribution < -0.4 is 5.32 Å². The molecule has 1 unspecified atom stereocenters. The number of carbonyl (C=O) groups excluding carboxylic acids is 1. The first kappa shape index (κ1) is 21.3. The number of hydrogen-bond donors (Lipinski definition) is 1. The fourth-order valence-electron chi connectivity index (χ4n) is 3.35. The number of amides is 1. The van der Waals surface area contributed by atoms with E-state index in [2.05, 4.69) is 5.32 Å². The van der Waals surface area contributed by atoms with Crippen LogP contribution in [0.5, 0.6) is 0 Å². The van der Waals surface area contributed by atoms with E-state index in [4.69, 9.17) is 0 Å². The SMILES string of the molecule is CC(NC(=O)C1CCN(S(=O)(=O)c2ccccc2F)CC1)c1ccc(F)c(F)c1. The van der Waals surface area contributed by atoms with Gasteiger partial charge in [0.25, 0.3) is 0 Å². The molecule has 2 aromatic rings. The summed E-state index contributed by atoms with van der Waals surface area (Å²) in [4.78, 5) is 12.1. The molecule has 5 nitrogen and oxygen atoms in total. The Morgan fingerprint density at radius 3 is 2.31 bits per heavy atom. The second-order valence-corrected chi connectivity index (χ2v) is 8.92. The van der Waals surface area contributed by atoms with Crippen LogP contribution in [0.2, 0.25) is 0 Å². The Balaban J connectivity index is 1.61. The summed E-state index contributed by atoms with van der Waals surface area (Å²) in [6.07, 6.45) is 0.564. The maximum absolute atomic E-state index is 13.9. The van der Waals surface area contributed by atoms with Crippen molar-refractivity contribution in [3.05, 3.63) is 65.5 Å². The lowest BCUT2D eigenvalue weighted by molar-refractivity contribution is -0.126. The highest BCUT2D eigenvalue weighted by Crippen LogP contribution is 2.26. The number of benzene rings is 2. The van der Waals surface area contributed by atoms with Gasteiger partial charge in [0.1, 0.15) is 10.7 Å². The number of carbonyl (C=O) groups is 1. The van der Waals surface area contributed by atoms with Gasteiger partial charge in [0.2, 0.25) is 15.9 Å². The summed E-state index contributed by atoms with van der Waals surface area (Å²) < 4.78 is 66.7. The summed E-state index contributed by atoms with van der Waals surface area (Å²) in [7, 11) is -3.97. The van der Waals surface area contributed by atoms with E-state index in [1.807, 2.05) is 0 Å². The van der Waals surface area contributed by atoms with Crippen LogP contribution in [0, 0.1) is 23.4 Å². The fourth-order valence-corrected chi connectivity index (χ4v) is 4.88. The Morgan fingerprint density at radius 1 is 1.03 bits per heavy atom. The highest BCUT2D eigenvalue weighted by molar-refractivity contribution is 7.89. The van der Waals surface area contributed by atoms with Crippen molar-refractivity contribution >= 4 is 15.9 Å². The molecule has 156 valence electrons. The third-order valence-electron chi connectivity index (χ3n) is 5.08. The van der Waals surface area contributed by atoms with Crippen LogP contribution in [0.1, 0.15) is 31.4 Å². The molecule has 9 heteroatoms. The molecular formula is C20H21F3N2O3S. The molecule has 0 spiro atoms. The molecule has 1 saturated heterocycles. The van der Waals surface area contributed by atoms with E-state index >= 15 is 0 Å². The molecule has 1 aliphatic heterocycles. The zero-order chi connectivity index (χ0) is 21.2. The number of rotatable bonds is 5. The summed E-state index contributed by atoms with van der Waals surface area (Å²) in [5, 5.41) is 2.75. The Bertz CT molecular complexity index is 1010. The van der Waals surface area contributed by atoms with Gasteiger partial charge in [0, 0.05) is 19.0 Å². The van der Waals surface area contributed by atoms with Crippen molar-refractivity contribution in [3.63, 3.8) is 0 Å². The standard InChI is InChI=1S/C20H21F3N2O3S/c1-13(15-6-7-16(21)18(23)12-15)24-20(26)14-8-10-25(11-9-14)29(27,28)19-5-3-2-4-17(19)22/h2-7,12-14H,8-11H2,1H3,(H,24,26). The van der Waals surface area contributed by atoms with E-state index in [-0.39, 0.29) is 36.7 Å². The molecule has 0 bridgehead atoms. The topological polar surface area (TPSA) is 66.5 Å². The molecule has 0 radical (unpaired) electrons. The molecule has 0 aromatic heterocycles. The molecule has 3 rings (SSSR count). The van der Waals surface area contributed by atoms with Gasteiger partial charge in [-0.15, -0.1) is 0 Å². The molecule has 0 saturated carbocycles. The summed E-state index contributed by atoms with van der Waals surface area (Å²) in [6, 6.07) is 8.07. The van der Waals surface area contributed by atoms with Crippen LogP contribution in [0.3, 0.4) is 0 Å². The molecule has 0 aliphatic carbocycles. The highest BCUT2D eigenvalue weighted by Gasteiger charge is 2.33. The van der Waals surface area contributed by atoms with Crippen molar-refractivity contribution < 1.29 is 26.4 Å². The minimum atomic E-state index is -3.97. The molecule has 1 heterocycles. The lowest BCUT2D eigenvalue weighted by atomic mass is 9.96. The Morgan fingerprint density at radius 2 is 1.69 bits per heavy atom. The van der Waals surface area contributed by atoms with Crippen LogP contribution in [0.25, 0.3) is 0 Å². The van der Waals surface area contributed by atoms with Crippen molar-refractivity contribution in [1.82, 2.24) is 9.62 Å². The lowest BCUT2D eigenvalue weighted by Crippen LogP contribution is -2.43. The van der Waals surface area contributed by atoms with Crippen LogP contribution in [-0.2, 0) is 14.8 Å². The van der Waals surface area contributed by atoms with E-state index < -0.39 is 39.4 Å². The number of nitrogens with zero attached hydrogens (tertiary/aromatic N) is 1. The van der Waals surface area contributed by atoms with Crippen LogP contribution in [-0.4, -0.2) is 31.7 Å². The van der Waals surface area contributed by atoms with E-state index in [1.54, 1.807) is 6.92 Å². The maximum atomic E-state index is 13.9. The monoisotopic (exact) mass is 426 g/mol. The highest BCUT2D eigenvalue weighted by atomic mass is 32.2. The summed E-state index contributed by atoms with van der Waals surface area (Å²) >= 11 is 0. The first-order chi connectivity index (χ1) is 13.7. The van der Waals surface area contributed by atoms with E-state index in [1.165, 1.54) is 28.6 Å². The quantitative estimate of drug-likeness (QED) is 0.797. The molecule has 29 heavy (non-hydrogen) atoms. The van der Waals surface area contributed by atoms with Crippen molar-refractivity contribution in [2.24, 2.45) is 5.92 Å². The number of hydrogen-bond acceptors (Lipinski definition) is 3. The predicted octanol–water partition coefficient (Wildman–Crippen LogP) is 3.38. The average Bonchev–Trinajstić information content (AvgIpc) is 2.70. The van der Waals surface area contributed by atoms with Gasteiger partial charge < -0.3 is 5.32 Å². The molecular weight excluding hydrogens is 405 g/mol. The van der Waals surface area contributed by atoms with Crippen molar-refractivity contribution in [2.45, 2.75) is 30.7 Å². The minimum Gasteiger partial charge on any atom is -0.349 e. The number of nitrogens with one attached hydrogen (secondary N) is 1. The van der Waals surface area contributed by atoms with Crippen LogP contribution in [0.15, 0.2) is 47.4 Å². The van der Waals surface area contributed by atoms with Gasteiger partial charge in [0.05, 0.1) is 6.04 Å². The molecule has 2 aromatic carbocycles. The van der Waals surface area contributed by atoms with Gasteiger partial charge >= 0.3 is 0 Å². The van der Waals surface area contributed by atoms with Crippen molar-refractivity contribution in [2.75, 3.05) is 13.1 Å².